The standard InChI is InChI=1S/C22H30N2O/c1-17(2)20-10-9-18(3)15-22(20)25-14-13-24-12-5-4-8-21(24)19-7-6-11-23-16-19/h6-7,9-11,15-17,21H,4-5,8,12-14H2,1-3H3. The molecule has 1 fully saturated rings. The van der Waals surface area contributed by atoms with Gasteiger partial charge in [0, 0.05) is 25.0 Å². The number of hydrogen-bond acceptors (Lipinski definition) is 3. The number of aromatic nitrogens is 1. The van der Waals surface area contributed by atoms with Crippen molar-refractivity contribution in [3.63, 3.8) is 0 Å². The maximum absolute atomic E-state index is 6.21. The molecule has 3 nitrogen and oxygen atoms in total. The lowest BCUT2D eigenvalue weighted by atomic mass is 9.96. The average molecular weight is 338 g/mol. The van der Waals surface area contributed by atoms with Crippen LogP contribution < -0.4 is 4.74 Å². The first-order valence-corrected chi connectivity index (χ1v) is 9.52. The van der Waals surface area contributed by atoms with Gasteiger partial charge in [0.15, 0.2) is 0 Å². The number of rotatable bonds is 6. The van der Waals surface area contributed by atoms with Crippen molar-refractivity contribution in [3.05, 3.63) is 59.4 Å². The molecule has 2 aromatic rings. The molecule has 2 heterocycles. The summed E-state index contributed by atoms with van der Waals surface area (Å²) in [6.45, 7) is 9.42. The molecule has 0 saturated carbocycles. The molecule has 0 spiro atoms. The first-order chi connectivity index (χ1) is 12.1. The Balaban J connectivity index is 1.64. The van der Waals surface area contributed by atoms with Crippen molar-refractivity contribution in [2.45, 2.75) is 52.0 Å². The molecule has 0 bridgehead atoms. The van der Waals surface area contributed by atoms with Crippen molar-refractivity contribution in [1.82, 2.24) is 9.88 Å². The largest absolute Gasteiger partial charge is 0.492 e. The molecule has 1 aromatic carbocycles. The molecule has 1 atom stereocenters. The van der Waals surface area contributed by atoms with E-state index in [2.05, 4.69) is 54.9 Å². The van der Waals surface area contributed by atoms with Crippen molar-refractivity contribution in [1.29, 1.82) is 0 Å². The molecule has 1 aromatic heterocycles. The zero-order valence-electron chi connectivity index (χ0n) is 15.7. The summed E-state index contributed by atoms with van der Waals surface area (Å²) < 4.78 is 6.21. The Morgan fingerprint density at radius 1 is 1.24 bits per heavy atom. The van der Waals surface area contributed by atoms with Crippen LogP contribution in [0.25, 0.3) is 0 Å². The minimum atomic E-state index is 0.480. The Kier molecular flexibility index (Phi) is 6.09. The highest BCUT2D eigenvalue weighted by Gasteiger charge is 2.23. The van der Waals surface area contributed by atoms with E-state index in [1.165, 1.54) is 36.0 Å². The number of aryl methyl sites for hydroxylation is 1. The molecule has 134 valence electrons. The van der Waals surface area contributed by atoms with Gasteiger partial charge in [-0.25, -0.2) is 0 Å². The van der Waals surface area contributed by atoms with Gasteiger partial charge in [-0.3, -0.25) is 9.88 Å². The SMILES string of the molecule is Cc1ccc(C(C)C)c(OCCN2CCCCC2c2cccnc2)c1. The van der Waals surface area contributed by atoms with Gasteiger partial charge < -0.3 is 4.74 Å². The third kappa shape index (κ3) is 4.60. The lowest BCUT2D eigenvalue weighted by Crippen LogP contribution is -2.36. The third-order valence-corrected chi connectivity index (χ3v) is 5.11. The molecule has 0 aliphatic carbocycles. The molecular formula is C22H30N2O. The maximum Gasteiger partial charge on any atom is 0.123 e. The number of hydrogen-bond donors (Lipinski definition) is 0. The Bertz CT molecular complexity index is 669. The van der Waals surface area contributed by atoms with E-state index >= 15 is 0 Å². The van der Waals surface area contributed by atoms with Gasteiger partial charge in [0.25, 0.3) is 0 Å². The minimum Gasteiger partial charge on any atom is -0.492 e. The lowest BCUT2D eigenvalue weighted by Gasteiger charge is -2.35. The molecular weight excluding hydrogens is 308 g/mol. The van der Waals surface area contributed by atoms with E-state index in [1.807, 2.05) is 18.5 Å². The van der Waals surface area contributed by atoms with Crippen molar-refractivity contribution in [2.75, 3.05) is 19.7 Å². The molecule has 1 unspecified atom stereocenters. The molecule has 1 aliphatic heterocycles. The molecule has 0 N–H and O–H groups in total. The van der Waals surface area contributed by atoms with E-state index in [4.69, 9.17) is 4.74 Å². The number of benzene rings is 1. The van der Waals surface area contributed by atoms with Crippen LogP contribution in [0.4, 0.5) is 0 Å². The summed E-state index contributed by atoms with van der Waals surface area (Å²) in [5.74, 6) is 1.53. The van der Waals surface area contributed by atoms with Crippen LogP contribution in [0.2, 0.25) is 0 Å². The number of pyridine rings is 1. The summed E-state index contributed by atoms with van der Waals surface area (Å²) in [4.78, 5) is 6.87. The van der Waals surface area contributed by atoms with Gasteiger partial charge in [0.05, 0.1) is 0 Å². The molecule has 0 radical (unpaired) electrons. The van der Waals surface area contributed by atoms with Crippen molar-refractivity contribution in [2.24, 2.45) is 0 Å². The highest BCUT2D eigenvalue weighted by molar-refractivity contribution is 5.39. The van der Waals surface area contributed by atoms with Crippen LogP contribution in [0.15, 0.2) is 42.7 Å². The van der Waals surface area contributed by atoms with Crippen LogP contribution in [0.1, 0.15) is 61.8 Å². The fourth-order valence-electron chi connectivity index (χ4n) is 3.73. The molecule has 25 heavy (non-hydrogen) atoms. The van der Waals surface area contributed by atoms with Gasteiger partial charge >= 0.3 is 0 Å². The van der Waals surface area contributed by atoms with E-state index in [1.54, 1.807) is 0 Å². The average Bonchev–Trinajstić information content (AvgIpc) is 2.63. The zero-order chi connectivity index (χ0) is 17.6. The monoisotopic (exact) mass is 338 g/mol. The Morgan fingerprint density at radius 3 is 2.88 bits per heavy atom. The van der Waals surface area contributed by atoms with Gasteiger partial charge in [-0.15, -0.1) is 0 Å². The van der Waals surface area contributed by atoms with Crippen LogP contribution in [0.5, 0.6) is 5.75 Å². The molecule has 0 amide bonds. The summed E-state index contributed by atoms with van der Waals surface area (Å²) in [7, 11) is 0. The Morgan fingerprint density at radius 2 is 2.12 bits per heavy atom. The first-order valence-electron chi connectivity index (χ1n) is 9.52. The van der Waals surface area contributed by atoms with Crippen LogP contribution in [0.3, 0.4) is 0 Å². The Hall–Kier alpha value is -1.87. The summed E-state index contributed by atoms with van der Waals surface area (Å²) >= 11 is 0. The van der Waals surface area contributed by atoms with E-state index in [0.29, 0.717) is 12.0 Å². The molecule has 1 saturated heterocycles. The van der Waals surface area contributed by atoms with Gasteiger partial charge in [-0.05, 0) is 61.1 Å². The summed E-state index contributed by atoms with van der Waals surface area (Å²) in [6.07, 6.45) is 7.66. The highest BCUT2D eigenvalue weighted by Crippen LogP contribution is 2.31. The number of nitrogens with zero attached hydrogens (tertiary/aromatic N) is 2. The highest BCUT2D eigenvalue weighted by atomic mass is 16.5. The van der Waals surface area contributed by atoms with Crippen molar-refractivity contribution < 1.29 is 4.74 Å². The fourth-order valence-corrected chi connectivity index (χ4v) is 3.73. The van der Waals surface area contributed by atoms with Crippen LogP contribution in [-0.4, -0.2) is 29.6 Å². The quantitative estimate of drug-likeness (QED) is 0.731. The molecule has 1 aliphatic rings. The lowest BCUT2D eigenvalue weighted by molar-refractivity contribution is 0.123. The van der Waals surface area contributed by atoms with E-state index < -0.39 is 0 Å². The first kappa shape index (κ1) is 17.9. The van der Waals surface area contributed by atoms with Gasteiger partial charge in [-0.2, -0.15) is 0 Å². The second-order valence-corrected chi connectivity index (χ2v) is 7.38. The van der Waals surface area contributed by atoms with E-state index in [-0.39, 0.29) is 0 Å². The number of likely N-dealkylation sites (tertiary alicyclic amines) is 1. The number of ether oxygens (including phenoxy) is 1. The van der Waals surface area contributed by atoms with E-state index in [0.717, 1.165) is 25.4 Å². The predicted molar refractivity (Wildman–Crippen MR) is 103 cm³/mol. The van der Waals surface area contributed by atoms with Gasteiger partial charge in [-0.1, -0.05) is 38.5 Å². The van der Waals surface area contributed by atoms with Crippen LogP contribution in [0, 0.1) is 6.92 Å². The van der Waals surface area contributed by atoms with Crippen molar-refractivity contribution in [3.8, 4) is 5.75 Å². The predicted octanol–water partition coefficient (Wildman–Crippen LogP) is 5.12. The van der Waals surface area contributed by atoms with Gasteiger partial charge in [0.2, 0.25) is 0 Å². The molecule has 3 rings (SSSR count). The second kappa shape index (κ2) is 8.48. The van der Waals surface area contributed by atoms with Crippen LogP contribution >= 0.6 is 0 Å². The summed E-state index contributed by atoms with van der Waals surface area (Å²) in [6, 6.07) is 11.3. The molecule has 3 heteroatoms. The van der Waals surface area contributed by atoms with E-state index in [9.17, 15) is 0 Å². The van der Waals surface area contributed by atoms with Gasteiger partial charge in [0.1, 0.15) is 12.4 Å². The second-order valence-electron chi connectivity index (χ2n) is 7.38. The fraction of sp³-hybridized carbons (Fsp3) is 0.500. The zero-order valence-corrected chi connectivity index (χ0v) is 15.7. The maximum atomic E-state index is 6.21. The summed E-state index contributed by atoms with van der Waals surface area (Å²) in [5, 5.41) is 0. The van der Waals surface area contributed by atoms with Crippen LogP contribution in [-0.2, 0) is 0 Å². The Labute approximate surface area is 152 Å². The number of piperidine rings is 1. The summed E-state index contributed by atoms with van der Waals surface area (Å²) in [5.41, 5.74) is 3.89. The topological polar surface area (TPSA) is 25.4 Å². The minimum absolute atomic E-state index is 0.480. The van der Waals surface area contributed by atoms with Crippen molar-refractivity contribution >= 4 is 0 Å². The third-order valence-electron chi connectivity index (χ3n) is 5.11. The smallest absolute Gasteiger partial charge is 0.123 e. The normalized spacial score (nSPS) is 18.5.